The molecule has 0 spiro atoms. The van der Waals surface area contributed by atoms with Crippen LogP contribution < -0.4 is 0 Å². The Labute approximate surface area is 127 Å². The Morgan fingerprint density at radius 1 is 1.27 bits per heavy atom. The van der Waals surface area contributed by atoms with Crippen molar-refractivity contribution in [2.75, 3.05) is 0 Å². The molecule has 22 heavy (non-hydrogen) atoms. The van der Waals surface area contributed by atoms with Crippen LogP contribution >= 0.6 is 0 Å². The predicted octanol–water partition coefficient (Wildman–Crippen LogP) is 2.52. The van der Waals surface area contributed by atoms with Gasteiger partial charge in [-0.25, -0.2) is 0 Å². The summed E-state index contributed by atoms with van der Waals surface area (Å²) in [5.41, 5.74) is 2.86. The summed E-state index contributed by atoms with van der Waals surface area (Å²) < 4.78 is 6.54. The molecule has 2 aromatic rings. The van der Waals surface area contributed by atoms with Gasteiger partial charge in [-0.15, -0.1) is 0 Å². The maximum absolute atomic E-state index is 11.0. The number of hydrogen-bond acceptors (Lipinski definition) is 5. The van der Waals surface area contributed by atoms with Crippen molar-refractivity contribution < 1.29 is 14.5 Å². The van der Waals surface area contributed by atoms with Gasteiger partial charge in [-0.05, 0) is 25.0 Å². The van der Waals surface area contributed by atoms with Crippen molar-refractivity contribution in [3.63, 3.8) is 0 Å². The number of aryl methyl sites for hydroxylation is 1. The zero-order valence-corrected chi connectivity index (χ0v) is 12.7. The van der Waals surface area contributed by atoms with Crippen molar-refractivity contribution in [2.45, 2.75) is 33.9 Å². The fraction of sp³-hybridized carbons (Fsp3) is 0.333. The van der Waals surface area contributed by atoms with Gasteiger partial charge in [-0.3, -0.25) is 19.6 Å². The highest BCUT2D eigenvalue weighted by Crippen LogP contribution is 2.22. The van der Waals surface area contributed by atoms with Gasteiger partial charge in [0, 0.05) is 6.92 Å². The van der Waals surface area contributed by atoms with Crippen molar-refractivity contribution in [1.82, 2.24) is 9.78 Å². The minimum Gasteiger partial charge on any atom is -0.461 e. The predicted molar refractivity (Wildman–Crippen MR) is 79.4 cm³/mol. The highest BCUT2D eigenvalue weighted by Gasteiger charge is 2.21. The number of rotatable bonds is 5. The Bertz CT molecular complexity index is 704. The van der Waals surface area contributed by atoms with Gasteiger partial charge >= 0.3 is 11.7 Å². The molecule has 0 bridgehead atoms. The quantitative estimate of drug-likeness (QED) is 0.481. The van der Waals surface area contributed by atoms with E-state index in [9.17, 15) is 14.9 Å². The molecule has 7 heteroatoms. The monoisotopic (exact) mass is 303 g/mol. The van der Waals surface area contributed by atoms with Crippen LogP contribution in [0.15, 0.2) is 24.3 Å². The first-order valence-corrected chi connectivity index (χ1v) is 6.78. The normalized spacial score (nSPS) is 10.5. The van der Waals surface area contributed by atoms with E-state index in [2.05, 4.69) is 5.10 Å². The number of ether oxygens (including phenoxy) is 1. The molecular weight excluding hydrogens is 286 g/mol. The average molecular weight is 303 g/mol. The zero-order chi connectivity index (χ0) is 16.3. The molecule has 0 unspecified atom stereocenters. The lowest BCUT2D eigenvalue weighted by Gasteiger charge is -2.06. The van der Waals surface area contributed by atoms with Gasteiger partial charge in [0.15, 0.2) is 0 Å². The summed E-state index contributed by atoms with van der Waals surface area (Å²) in [6.07, 6.45) is 0. The summed E-state index contributed by atoms with van der Waals surface area (Å²) in [7, 11) is 0. The molecule has 0 radical (unpaired) electrons. The van der Waals surface area contributed by atoms with Crippen LogP contribution in [0.4, 0.5) is 5.69 Å². The summed E-state index contributed by atoms with van der Waals surface area (Å²) in [5.74, 6) is -0.320. The van der Waals surface area contributed by atoms with E-state index in [-0.39, 0.29) is 18.3 Å². The SMILES string of the molecule is CC(=O)OCc1ccc(Cn2nc(C)c([N+](=O)[O-])c2C)cc1. The standard InChI is InChI=1S/C15H17N3O4/c1-10-15(18(20)21)11(2)17(16-10)8-13-4-6-14(7-5-13)9-22-12(3)19/h4-7H,8-9H2,1-3H3. The molecule has 0 fully saturated rings. The number of carbonyl (C=O) groups is 1. The van der Waals surface area contributed by atoms with Gasteiger partial charge in [0.05, 0.1) is 11.5 Å². The molecule has 1 aromatic carbocycles. The molecule has 0 saturated carbocycles. The van der Waals surface area contributed by atoms with Crippen LogP contribution in [0.3, 0.4) is 0 Å². The highest BCUT2D eigenvalue weighted by molar-refractivity contribution is 5.65. The van der Waals surface area contributed by atoms with Crippen LogP contribution in [-0.2, 0) is 22.7 Å². The van der Waals surface area contributed by atoms with Crippen molar-refractivity contribution in [2.24, 2.45) is 0 Å². The van der Waals surface area contributed by atoms with Gasteiger partial charge in [-0.1, -0.05) is 24.3 Å². The van der Waals surface area contributed by atoms with E-state index in [1.807, 2.05) is 24.3 Å². The van der Waals surface area contributed by atoms with E-state index in [1.165, 1.54) is 6.92 Å². The van der Waals surface area contributed by atoms with Gasteiger partial charge in [0.2, 0.25) is 0 Å². The molecule has 2 rings (SSSR count). The van der Waals surface area contributed by atoms with Crippen LogP contribution in [0.2, 0.25) is 0 Å². The first-order chi connectivity index (χ1) is 10.4. The van der Waals surface area contributed by atoms with E-state index in [4.69, 9.17) is 4.74 Å². The number of nitro groups is 1. The lowest BCUT2D eigenvalue weighted by Crippen LogP contribution is -2.05. The largest absolute Gasteiger partial charge is 0.461 e. The summed E-state index contributed by atoms with van der Waals surface area (Å²) in [5, 5.41) is 15.2. The van der Waals surface area contributed by atoms with Crippen LogP contribution in [0.5, 0.6) is 0 Å². The van der Waals surface area contributed by atoms with Crippen molar-refractivity contribution in [3.05, 3.63) is 56.9 Å². The van der Waals surface area contributed by atoms with Crippen LogP contribution in [0.25, 0.3) is 0 Å². The molecule has 116 valence electrons. The molecular formula is C15H17N3O4. The molecule has 7 nitrogen and oxygen atoms in total. The zero-order valence-electron chi connectivity index (χ0n) is 12.7. The second kappa shape index (κ2) is 6.38. The Morgan fingerprint density at radius 3 is 2.36 bits per heavy atom. The van der Waals surface area contributed by atoms with E-state index < -0.39 is 4.92 Å². The maximum Gasteiger partial charge on any atom is 0.312 e. The van der Waals surface area contributed by atoms with Crippen LogP contribution in [-0.4, -0.2) is 20.7 Å². The summed E-state index contributed by atoms with van der Waals surface area (Å²) in [6.45, 7) is 5.37. The lowest BCUT2D eigenvalue weighted by molar-refractivity contribution is -0.386. The number of benzene rings is 1. The van der Waals surface area contributed by atoms with Gasteiger partial charge in [0.1, 0.15) is 18.0 Å². The Morgan fingerprint density at radius 2 is 1.86 bits per heavy atom. The fourth-order valence-corrected chi connectivity index (χ4v) is 2.20. The summed E-state index contributed by atoms with van der Waals surface area (Å²) >= 11 is 0. The number of hydrogen-bond donors (Lipinski definition) is 0. The average Bonchev–Trinajstić information content (AvgIpc) is 2.72. The molecule has 0 aliphatic rings. The Kier molecular flexibility index (Phi) is 4.55. The minimum atomic E-state index is -0.406. The topological polar surface area (TPSA) is 87.3 Å². The molecule has 1 aromatic heterocycles. The van der Waals surface area contributed by atoms with Crippen LogP contribution in [0.1, 0.15) is 29.4 Å². The van der Waals surface area contributed by atoms with Gasteiger partial charge < -0.3 is 4.74 Å². The van der Waals surface area contributed by atoms with E-state index in [0.29, 0.717) is 17.9 Å². The van der Waals surface area contributed by atoms with Gasteiger partial charge in [0.25, 0.3) is 0 Å². The fourth-order valence-electron chi connectivity index (χ4n) is 2.20. The lowest BCUT2D eigenvalue weighted by atomic mass is 10.1. The molecule has 0 aliphatic carbocycles. The first kappa shape index (κ1) is 15.7. The third-order valence-electron chi connectivity index (χ3n) is 3.32. The highest BCUT2D eigenvalue weighted by atomic mass is 16.6. The number of carbonyl (C=O) groups excluding carboxylic acids is 1. The van der Waals surface area contributed by atoms with Crippen molar-refractivity contribution in [3.8, 4) is 0 Å². The second-order valence-electron chi connectivity index (χ2n) is 5.03. The number of aromatic nitrogens is 2. The molecule has 0 saturated heterocycles. The first-order valence-electron chi connectivity index (χ1n) is 6.78. The smallest absolute Gasteiger partial charge is 0.312 e. The number of esters is 1. The van der Waals surface area contributed by atoms with Gasteiger partial charge in [-0.2, -0.15) is 5.10 Å². The number of nitrogens with zero attached hydrogens (tertiary/aromatic N) is 3. The Balaban J connectivity index is 2.13. The van der Waals surface area contributed by atoms with E-state index >= 15 is 0 Å². The summed E-state index contributed by atoms with van der Waals surface area (Å²) in [6, 6.07) is 7.50. The van der Waals surface area contributed by atoms with Crippen LogP contribution in [0, 0.1) is 24.0 Å². The molecule has 0 amide bonds. The van der Waals surface area contributed by atoms with E-state index in [1.54, 1.807) is 18.5 Å². The molecule has 0 atom stereocenters. The van der Waals surface area contributed by atoms with Crippen molar-refractivity contribution >= 4 is 11.7 Å². The van der Waals surface area contributed by atoms with Crippen molar-refractivity contribution in [1.29, 1.82) is 0 Å². The van der Waals surface area contributed by atoms with E-state index in [0.717, 1.165) is 11.1 Å². The third-order valence-corrected chi connectivity index (χ3v) is 3.32. The third kappa shape index (κ3) is 3.49. The molecule has 0 aliphatic heterocycles. The Hall–Kier alpha value is -2.70. The molecule has 0 N–H and O–H groups in total. The maximum atomic E-state index is 11.0. The second-order valence-corrected chi connectivity index (χ2v) is 5.03. The molecule has 1 heterocycles. The summed E-state index contributed by atoms with van der Waals surface area (Å²) in [4.78, 5) is 21.3. The minimum absolute atomic E-state index is 0.0616.